The van der Waals surface area contributed by atoms with Crippen LogP contribution in [0, 0.1) is 0 Å². The quantitative estimate of drug-likeness (QED) is 0.774. The van der Waals surface area contributed by atoms with Crippen LogP contribution >= 0.6 is 0 Å². The summed E-state index contributed by atoms with van der Waals surface area (Å²) in [6.45, 7) is 4.24. The predicted molar refractivity (Wildman–Crippen MR) is 64.1 cm³/mol. The topological polar surface area (TPSA) is 38.3 Å². The van der Waals surface area contributed by atoms with Gasteiger partial charge < -0.3 is 10.1 Å². The Morgan fingerprint density at radius 2 is 2.00 bits per heavy atom. The zero-order valence-corrected chi connectivity index (χ0v) is 10.1. The first-order valence-corrected chi connectivity index (χ1v) is 5.52. The Balaban J connectivity index is 2.82. The van der Waals surface area contributed by atoms with Gasteiger partial charge in [-0.25, -0.2) is 0 Å². The van der Waals surface area contributed by atoms with Gasteiger partial charge in [-0.3, -0.25) is 4.79 Å². The minimum atomic E-state index is -0.368. The first-order valence-electron chi connectivity index (χ1n) is 5.52. The molecule has 0 amide bonds. The molecule has 1 aromatic rings. The second-order valence-corrected chi connectivity index (χ2v) is 3.93. The van der Waals surface area contributed by atoms with E-state index < -0.39 is 0 Å². The lowest BCUT2D eigenvalue weighted by Gasteiger charge is -2.28. The van der Waals surface area contributed by atoms with Gasteiger partial charge in [-0.05, 0) is 26.5 Å². The van der Waals surface area contributed by atoms with Crippen molar-refractivity contribution in [2.75, 3.05) is 13.7 Å². The Morgan fingerprint density at radius 1 is 1.38 bits per heavy atom. The molecule has 0 aliphatic heterocycles. The molecule has 16 heavy (non-hydrogen) atoms. The second-order valence-electron chi connectivity index (χ2n) is 3.93. The maximum absolute atomic E-state index is 11.5. The number of benzene rings is 1. The lowest BCUT2D eigenvalue weighted by atomic mass is 9.89. The monoisotopic (exact) mass is 221 g/mol. The minimum absolute atomic E-state index is 0.178. The van der Waals surface area contributed by atoms with Crippen LogP contribution in [0.25, 0.3) is 0 Å². The van der Waals surface area contributed by atoms with Crippen molar-refractivity contribution in [3.8, 4) is 0 Å². The molecule has 1 aromatic carbocycles. The molecule has 88 valence electrons. The number of carbonyl (C=O) groups is 1. The van der Waals surface area contributed by atoms with E-state index in [9.17, 15) is 4.79 Å². The van der Waals surface area contributed by atoms with E-state index in [0.29, 0.717) is 13.0 Å². The van der Waals surface area contributed by atoms with Gasteiger partial charge >= 0.3 is 5.97 Å². The molecule has 0 aliphatic carbocycles. The molecular weight excluding hydrogens is 202 g/mol. The van der Waals surface area contributed by atoms with E-state index in [1.54, 1.807) is 0 Å². The molecule has 0 fully saturated rings. The highest BCUT2D eigenvalue weighted by molar-refractivity contribution is 5.71. The molecule has 1 N–H and O–H groups in total. The Kier molecular flexibility index (Phi) is 4.50. The van der Waals surface area contributed by atoms with Crippen molar-refractivity contribution in [3.63, 3.8) is 0 Å². The van der Waals surface area contributed by atoms with Gasteiger partial charge in [0.15, 0.2) is 0 Å². The summed E-state index contributed by atoms with van der Waals surface area (Å²) in [4.78, 5) is 11.5. The third-order valence-corrected chi connectivity index (χ3v) is 2.77. The molecule has 1 rings (SSSR count). The number of carbonyl (C=O) groups excluding carboxylic acids is 1. The van der Waals surface area contributed by atoms with Gasteiger partial charge in [0.1, 0.15) is 0 Å². The van der Waals surface area contributed by atoms with Crippen LogP contribution in [0.15, 0.2) is 30.3 Å². The number of rotatable bonds is 5. The summed E-state index contributed by atoms with van der Waals surface area (Å²) in [5.74, 6) is -0.178. The second kappa shape index (κ2) is 5.66. The van der Waals surface area contributed by atoms with Crippen LogP contribution in [-0.2, 0) is 15.1 Å². The molecule has 0 saturated heterocycles. The number of esters is 1. The van der Waals surface area contributed by atoms with E-state index >= 15 is 0 Å². The average Bonchev–Trinajstić information content (AvgIpc) is 2.30. The lowest BCUT2D eigenvalue weighted by molar-refractivity contribution is -0.144. The zero-order chi connectivity index (χ0) is 12.0. The summed E-state index contributed by atoms with van der Waals surface area (Å²) in [5, 5.41) is 3.18. The van der Waals surface area contributed by atoms with Gasteiger partial charge in [-0.2, -0.15) is 0 Å². The summed E-state index contributed by atoms with van der Waals surface area (Å²) in [6, 6.07) is 9.92. The molecule has 0 aliphatic rings. The van der Waals surface area contributed by atoms with E-state index in [1.165, 1.54) is 0 Å². The van der Waals surface area contributed by atoms with Crippen molar-refractivity contribution in [2.24, 2.45) is 0 Å². The molecule has 0 spiro atoms. The largest absolute Gasteiger partial charge is 0.466 e. The SMILES string of the molecule is CCOC(=O)C[C@@](C)(NC)c1ccccc1. The third kappa shape index (κ3) is 3.07. The molecule has 0 unspecified atom stereocenters. The fourth-order valence-electron chi connectivity index (χ4n) is 1.64. The van der Waals surface area contributed by atoms with Gasteiger partial charge in [0.25, 0.3) is 0 Å². The van der Waals surface area contributed by atoms with Crippen LogP contribution in [0.4, 0.5) is 0 Å². The number of ether oxygens (including phenoxy) is 1. The maximum atomic E-state index is 11.5. The molecule has 3 nitrogen and oxygen atoms in total. The van der Waals surface area contributed by atoms with E-state index in [4.69, 9.17) is 4.74 Å². The Bertz CT molecular complexity index is 337. The summed E-state index contributed by atoms with van der Waals surface area (Å²) in [6.07, 6.45) is 0.335. The molecule has 0 aromatic heterocycles. The van der Waals surface area contributed by atoms with Gasteiger partial charge in [-0.15, -0.1) is 0 Å². The van der Waals surface area contributed by atoms with Crippen LogP contribution in [0.2, 0.25) is 0 Å². The molecule has 0 bridgehead atoms. The van der Waals surface area contributed by atoms with E-state index in [0.717, 1.165) is 5.56 Å². The van der Waals surface area contributed by atoms with E-state index in [1.807, 2.05) is 51.2 Å². The summed E-state index contributed by atoms with van der Waals surface area (Å²) in [7, 11) is 1.85. The highest BCUT2D eigenvalue weighted by Gasteiger charge is 2.28. The van der Waals surface area contributed by atoms with Crippen molar-refractivity contribution in [2.45, 2.75) is 25.8 Å². The normalized spacial score (nSPS) is 14.2. The highest BCUT2D eigenvalue weighted by Crippen LogP contribution is 2.24. The zero-order valence-electron chi connectivity index (χ0n) is 10.1. The van der Waals surface area contributed by atoms with Gasteiger partial charge in [-0.1, -0.05) is 30.3 Å². The number of hydrogen-bond acceptors (Lipinski definition) is 3. The fourth-order valence-corrected chi connectivity index (χ4v) is 1.64. The van der Waals surface area contributed by atoms with Gasteiger partial charge in [0, 0.05) is 0 Å². The van der Waals surface area contributed by atoms with E-state index in [-0.39, 0.29) is 11.5 Å². The van der Waals surface area contributed by atoms with Crippen LogP contribution in [-0.4, -0.2) is 19.6 Å². The first-order chi connectivity index (χ1) is 7.62. The van der Waals surface area contributed by atoms with Crippen LogP contribution < -0.4 is 5.32 Å². The van der Waals surface area contributed by atoms with Gasteiger partial charge in [0.2, 0.25) is 0 Å². The standard InChI is InChI=1S/C13H19NO2/c1-4-16-12(15)10-13(2,14-3)11-8-6-5-7-9-11/h5-9,14H,4,10H2,1-3H3/t13-/m1/s1. The van der Waals surface area contributed by atoms with E-state index in [2.05, 4.69) is 5.32 Å². The summed E-state index contributed by atoms with van der Waals surface area (Å²) < 4.78 is 4.98. The highest BCUT2D eigenvalue weighted by atomic mass is 16.5. The minimum Gasteiger partial charge on any atom is -0.466 e. The number of nitrogens with one attached hydrogen (secondary N) is 1. The van der Waals surface area contributed by atoms with Gasteiger partial charge in [0.05, 0.1) is 18.6 Å². The number of hydrogen-bond donors (Lipinski definition) is 1. The van der Waals surface area contributed by atoms with Crippen molar-refractivity contribution >= 4 is 5.97 Å². The van der Waals surface area contributed by atoms with Crippen molar-refractivity contribution in [3.05, 3.63) is 35.9 Å². The van der Waals surface area contributed by atoms with Crippen molar-refractivity contribution < 1.29 is 9.53 Å². The third-order valence-electron chi connectivity index (χ3n) is 2.77. The van der Waals surface area contributed by atoms with Crippen molar-refractivity contribution in [1.29, 1.82) is 0 Å². The first kappa shape index (κ1) is 12.7. The van der Waals surface area contributed by atoms with Crippen LogP contribution in [0.3, 0.4) is 0 Å². The predicted octanol–water partition coefficient (Wildman–Crippen LogP) is 2.07. The smallest absolute Gasteiger partial charge is 0.307 e. The van der Waals surface area contributed by atoms with Crippen LogP contribution in [0.1, 0.15) is 25.8 Å². The maximum Gasteiger partial charge on any atom is 0.307 e. The Morgan fingerprint density at radius 3 is 2.50 bits per heavy atom. The molecule has 3 heteroatoms. The van der Waals surface area contributed by atoms with Crippen LogP contribution in [0.5, 0.6) is 0 Å². The average molecular weight is 221 g/mol. The summed E-state index contributed by atoms with van der Waals surface area (Å²) >= 11 is 0. The molecule has 0 radical (unpaired) electrons. The molecule has 0 heterocycles. The summed E-state index contributed by atoms with van der Waals surface area (Å²) in [5.41, 5.74) is 0.721. The molecule has 1 atom stereocenters. The Labute approximate surface area is 96.8 Å². The lowest BCUT2D eigenvalue weighted by Crippen LogP contribution is -2.39. The fraction of sp³-hybridized carbons (Fsp3) is 0.462. The Hall–Kier alpha value is -1.35. The molecular formula is C13H19NO2. The van der Waals surface area contributed by atoms with Crippen molar-refractivity contribution in [1.82, 2.24) is 5.32 Å². The molecule has 0 saturated carbocycles.